The van der Waals surface area contributed by atoms with Crippen molar-refractivity contribution in [1.82, 2.24) is 25.1 Å². The van der Waals surface area contributed by atoms with Crippen LogP contribution in [0.2, 0.25) is 0 Å². The molecular weight excluding hydrogens is 317 g/mol. The van der Waals surface area contributed by atoms with Crippen LogP contribution in [0.25, 0.3) is 0 Å². The lowest BCUT2D eigenvalue weighted by Gasteiger charge is -2.17. The second-order valence-corrected chi connectivity index (χ2v) is 6.45. The molecule has 0 N–H and O–H groups in total. The number of rotatable bonds is 7. The van der Waals surface area contributed by atoms with Gasteiger partial charge < -0.3 is 4.90 Å². The summed E-state index contributed by atoms with van der Waals surface area (Å²) in [6, 6.07) is 6.66. The molecule has 6 nitrogen and oxygen atoms in total. The largest absolute Gasteiger partial charge is 0.341 e. The molecular formula is C15H20FN5OS. The Morgan fingerprint density at radius 3 is 2.83 bits per heavy atom. The van der Waals surface area contributed by atoms with Gasteiger partial charge in [-0.2, -0.15) is 0 Å². The van der Waals surface area contributed by atoms with Crippen LogP contribution < -0.4 is 0 Å². The monoisotopic (exact) mass is 337 g/mol. The van der Waals surface area contributed by atoms with E-state index in [1.807, 2.05) is 13.8 Å². The van der Waals surface area contributed by atoms with Gasteiger partial charge in [0.1, 0.15) is 5.82 Å². The van der Waals surface area contributed by atoms with Gasteiger partial charge in [-0.3, -0.25) is 4.79 Å². The van der Waals surface area contributed by atoms with E-state index >= 15 is 0 Å². The van der Waals surface area contributed by atoms with Gasteiger partial charge in [-0.15, -0.1) is 16.9 Å². The van der Waals surface area contributed by atoms with Crippen LogP contribution in [-0.2, 0) is 17.1 Å². The van der Waals surface area contributed by atoms with Crippen LogP contribution in [0.3, 0.4) is 0 Å². The van der Waals surface area contributed by atoms with E-state index in [1.165, 1.54) is 22.7 Å². The normalized spacial score (nSPS) is 11.0. The summed E-state index contributed by atoms with van der Waals surface area (Å²) in [7, 11) is 1.67. The Kier molecular flexibility index (Phi) is 6.09. The Morgan fingerprint density at radius 1 is 1.39 bits per heavy atom. The lowest BCUT2D eigenvalue weighted by molar-refractivity contribution is -0.127. The Labute approximate surface area is 139 Å². The van der Waals surface area contributed by atoms with E-state index in [2.05, 4.69) is 15.5 Å². The Balaban J connectivity index is 1.82. The summed E-state index contributed by atoms with van der Waals surface area (Å²) in [5.74, 6) is 1.26. The van der Waals surface area contributed by atoms with Crippen molar-refractivity contribution in [3.63, 3.8) is 0 Å². The molecule has 23 heavy (non-hydrogen) atoms. The summed E-state index contributed by atoms with van der Waals surface area (Å²) in [4.78, 5) is 13.7. The fraction of sp³-hybridized carbons (Fsp3) is 0.467. The van der Waals surface area contributed by atoms with E-state index in [0.717, 1.165) is 5.82 Å². The molecule has 0 radical (unpaired) electrons. The molecule has 1 aromatic carbocycles. The quantitative estimate of drug-likeness (QED) is 0.775. The zero-order valence-corrected chi connectivity index (χ0v) is 14.3. The zero-order chi connectivity index (χ0) is 16.8. The molecule has 0 aliphatic heterocycles. The number of aromatic nitrogens is 4. The smallest absolute Gasteiger partial charge is 0.232 e. The molecule has 0 bridgehead atoms. The zero-order valence-electron chi connectivity index (χ0n) is 13.4. The number of carbonyl (C=O) groups is 1. The number of tetrazole rings is 1. The molecule has 2 aromatic rings. The molecule has 0 saturated carbocycles. The van der Waals surface area contributed by atoms with Crippen LogP contribution >= 0.6 is 11.8 Å². The highest BCUT2D eigenvalue weighted by atomic mass is 32.2. The lowest BCUT2D eigenvalue weighted by Crippen LogP contribution is -2.28. The van der Waals surface area contributed by atoms with Crippen LogP contribution in [0.15, 0.2) is 24.3 Å². The number of amides is 1. The highest BCUT2D eigenvalue weighted by molar-refractivity contribution is 7.99. The van der Waals surface area contributed by atoms with Crippen LogP contribution in [0.5, 0.6) is 0 Å². The maximum Gasteiger partial charge on any atom is 0.232 e. The van der Waals surface area contributed by atoms with Gasteiger partial charge in [0.2, 0.25) is 5.91 Å². The summed E-state index contributed by atoms with van der Waals surface area (Å²) in [5.41, 5.74) is 0.511. The maximum atomic E-state index is 13.6. The minimum atomic E-state index is -0.295. The highest BCUT2D eigenvalue weighted by Crippen LogP contribution is 2.14. The molecule has 8 heteroatoms. The van der Waals surface area contributed by atoms with E-state index < -0.39 is 0 Å². The van der Waals surface area contributed by atoms with Gasteiger partial charge in [0.15, 0.2) is 5.82 Å². The molecule has 124 valence electrons. The van der Waals surface area contributed by atoms with E-state index in [4.69, 9.17) is 0 Å². The van der Waals surface area contributed by atoms with Gasteiger partial charge in [-0.1, -0.05) is 18.2 Å². The molecule has 0 unspecified atom stereocenters. The van der Waals surface area contributed by atoms with Crippen molar-refractivity contribution >= 4 is 17.7 Å². The Hall–Kier alpha value is -1.96. The fourth-order valence-electron chi connectivity index (χ4n) is 2.02. The summed E-state index contributed by atoms with van der Waals surface area (Å²) in [6.45, 7) is 4.26. The van der Waals surface area contributed by atoms with Crippen molar-refractivity contribution in [3.05, 3.63) is 41.5 Å². The van der Waals surface area contributed by atoms with Crippen molar-refractivity contribution in [2.75, 3.05) is 12.8 Å². The minimum Gasteiger partial charge on any atom is -0.341 e. The van der Waals surface area contributed by atoms with Crippen molar-refractivity contribution in [2.45, 2.75) is 32.2 Å². The molecule has 0 fully saturated rings. The third kappa shape index (κ3) is 4.75. The number of carbonyl (C=O) groups excluding carboxylic acids is 1. The third-order valence-corrected chi connectivity index (χ3v) is 4.21. The predicted molar refractivity (Wildman–Crippen MR) is 87.2 cm³/mol. The number of hydrogen-bond acceptors (Lipinski definition) is 5. The highest BCUT2D eigenvalue weighted by Gasteiger charge is 2.14. The summed E-state index contributed by atoms with van der Waals surface area (Å²) in [5, 5.41) is 11.5. The Bertz CT molecular complexity index is 661. The fourth-order valence-corrected chi connectivity index (χ4v) is 2.89. The van der Waals surface area contributed by atoms with Crippen molar-refractivity contribution in [1.29, 1.82) is 0 Å². The molecule has 0 saturated heterocycles. The van der Waals surface area contributed by atoms with E-state index in [-0.39, 0.29) is 24.3 Å². The standard InChI is InChI=1S/C15H20FN5OS/c1-11(2)21-14(17-18-19-21)9-23-10-15(22)20(3)8-12-6-4-5-7-13(12)16/h4-7,11H,8-10H2,1-3H3. The molecule has 1 amide bonds. The average molecular weight is 337 g/mol. The number of benzene rings is 1. The average Bonchev–Trinajstić information content (AvgIpc) is 2.98. The number of hydrogen-bond donors (Lipinski definition) is 0. The molecule has 0 atom stereocenters. The third-order valence-electron chi connectivity index (χ3n) is 3.30. The van der Waals surface area contributed by atoms with Crippen LogP contribution in [0.1, 0.15) is 31.3 Å². The van der Waals surface area contributed by atoms with Crippen LogP contribution in [0, 0.1) is 5.82 Å². The van der Waals surface area contributed by atoms with E-state index in [1.54, 1.807) is 29.9 Å². The van der Waals surface area contributed by atoms with Gasteiger partial charge in [-0.05, 0) is 30.3 Å². The molecule has 1 heterocycles. The topological polar surface area (TPSA) is 63.9 Å². The Morgan fingerprint density at radius 2 is 2.13 bits per heavy atom. The second-order valence-electron chi connectivity index (χ2n) is 5.47. The van der Waals surface area contributed by atoms with Gasteiger partial charge in [-0.25, -0.2) is 9.07 Å². The first kappa shape index (κ1) is 17.4. The summed E-state index contributed by atoms with van der Waals surface area (Å²) < 4.78 is 15.3. The molecule has 0 spiro atoms. The van der Waals surface area contributed by atoms with Crippen molar-refractivity contribution in [3.8, 4) is 0 Å². The summed E-state index contributed by atoms with van der Waals surface area (Å²) >= 11 is 1.45. The van der Waals surface area contributed by atoms with E-state index in [0.29, 0.717) is 17.1 Å². The molecule has 1 aromatic heterocycles. The number of nitrogens with zero attached hydrogens (tertiary/aromatic N) is 5. The van der Waals surface area contributed by atoms with Crippen molar-refractivity contribution < 1.29 is 9.18 Å². The second kappa shape index (κ2) is 8.05. The molecule has 0 aliphatic rings. The number of halogens is 1. The molecule has 0 aliphatic carbocycles. The predicted octanol–water partition coefficient (Wildman–Crippen LogP) is 2.28. The van der Waals surface area contributed by atoms with Crippen LogP contribution in [-0.4, -0.2) is 43.8 Å². The summed E-state index contributed by atoms with van der Waals surface area (Å²) in [6.07, 6.45) is 0. The minimum absolute atomic E-state index is 0.0539. The van der Waals surface area contributed by atoms with Gasteiger partial charge >= 0.3 is 0 Å². The first-order valence-corrected chi connectivity index (χ1v) is 8.46. The molecule has 2 rings (SSSR count). The first-order chi connectivity index (χ1) is 11.0. The number of thioether (sulfide) groups is 1. The van der Waals surface area contributed by atoms with Gasteiger partial charge in [0, 0.05) is 19.2 Å². The van der Waals surface area contributed by atoms with Gasteiger partial charge in [0.25, 0.3) is 0 Å². The first-order valence-electron chi connectivity index (χ1n) is 7.31. The maximum absolute atomic E-state index is 13.6. The van der Waals surface area contributed by atoms with Crippen molar-refractivity contribution in [2.24, 2.45) is 0 Å². The van der Waals surface area contributed by atoms with E-state index in [9.17, 15) is 9.18 Å². The SMILES string of the molecule is CC(C)n1nnnc1CSCC(=O)N(C)Cc1ccccc1F. The van der Waals surface area contributed by atoms with Crippen LogP contribution in [0.4, 0.5) is 4.39 Å². The van der Waals surface area contributed by atoms with Gasteiger partial charge in [0.05, 0.1) is 17.5 Å². The lowest BCUT2D eigenvalue weighted by atomic mass is 10.2.